The maximum absolute atomic E-state index is 12.9. The van der Waals surface area contributed by atoms with Crippen LogP contribution in [0.1, 0.15) is 174 Å². The maximum Gasteiger partial charge on any atom is 0.397 e. The molecule has 1 saturated heterocycles. The molecule has 0 amide bonds. The second kappa shape index (κ2) is 39.4. The lowest BCUT2D eigenvalue weighted by atomic mass is 9.99. The second-order valence-electron chi connectivity index (χ2n) is 16.0. The molecule has 1 fully saturated rings. The Balaban J connectivity index is 2.42. The zero-order chi connectivity index (χ0) is 44.7. The monoisotopic (exact) mass is 885 g/mol. The highest BCUT2D eigenvalue weighted by atomic mass is 32.3. The number of hydrogen-bond acceptors (Lipinski definition) is 11. The molecule has 4 N–H and O–H groups in total. The van der Waals surface area contributed by atoms with Gasteiger partial charge in [-0.2, -0.15) is 8.42 Å². The van der Waals surface area contributed by atoms with Crippen molar-refractivity contribution >= 4 is 16.4 Å². The van der Waals surface area contributed by atoms with Crippen molar-refractivity contribution in [1.82, 2.24) is 0 Å². The van der Waals surface area contributed by atoms with Crippen LogP contribution < -0.4 is 0 Å². The largest absolute Gasteiger partial charge is 0.457 e. The van der Waals surface area contributed by atoms with Crippen LogP contribution in [0.2, 0.25) is 0 Å². The lowest BCUT2D eigenvalue weighted by molar-refractivity contribution is -0.301. The minimum Gasteiger partial charge on any atom is -0.457 e. The van der Waals surface area contributed by atoms with Crippen LogP contribution in [0.4, 0.5) is 0 Å². The van der Waals surface area contributed by atoms with Gasteiger partial charge in [0.25, 0.3) is 0 Å². The fourth-order valence-corrected chi connectivity index (χ4v) is 7.38. The first-order chi connectivity index (χ1) is 29.6. The summed E-state index contributed by atoms with van der Waals surface area (Å²) in [6, 6.07) is 0. The highest BCUT2D eigenvalue weighted by Crippen LogP contribution is 2.26. The summed E-state index contributed by atoms with van der Waals surface area (Å²) in [5, 5.41) is 30.7. The number of ether oxygens (including phenoxy) is 4. The van der Waals surface area contributed by atoms with E-state index in [1.54, 1.807) is 0 Å². The first-order valence-corrected chi connectivity index (χ1v) is 24.9. The molecular weight excluding hydrogens is 801 g/mol. The molecular formula is C48H84O12S. The van der Waals surface area contributed by atoms with Crippen LogP contribution in [0.25, 0.3) is 0 Å². The van der Waals surface area contributed by atoms with Crippen LogP contribution in [0.3, 0.4) is 0 Å². The summed E-state index contributed by atoms with van der Waals surface area (Å²) in [4.78, 5) is 12.9. The summed E-state index contributed by atoms with van der Waals surface area (Å²) in [6.07, 6.45) is 39.6. The van der Waals surface area contributed by atoms with Gasteiger partial charge in [-0.25, -0.2) is 4.18 Å². The Morgan fingerprint density at radius 2 is 1.13 bits per heavy atom. The molecule has 1 rings (SSSR count). The molecule has 354 valence electrons. The predicted molar refractivity (Wildman–Crippen MR) is 243 cm³/mol. The smallest absolute Gasteiger partial charge is 0.397 e. The highest BCUT2D eigenvalue weighted by Gasteiger charge is 2.48. The molecule has 12 nitrogen and oxygen atoms in total. The molecule has 61 heavy (non-hydrogen) atoms. The summed E-state index contributed by atoms with van der Waals surface area (Å²) < 4.78 is 59.1. The van der Waals surface area contributed by atoms with Crippen molar-refractivity contribution < 1.29 is 56.2 Å². The number of carbonyl (C=O) groups excluding carboxylic acids is 1. The molecule has 1 aliphatic rings. The van der Waals surface area contributed by atoms with E-state index >= 15 is 0 Å². The van der Waals surface area contributed by atoms with Crippen LogP contribution in [0.5, 0.6) is 0 Å². The number of unbranched alkanes of at least 4 members (excludes halogenated alkanes) is 17. The van der Waals surface area contributed by atoms with Gasteiger partial charge in [-0.15, -0.1) is 0 Å². The molecule has 0 saturated carbocycles. The van der Waals surface area contributed by atoms with Crippen molar-refractivity contribution in [2.45, 2.75) is 211 Å². The van der Waals surface area contributed by atoms with Gasteiger partial charge < -0.3 is 34.3 Å². The molecule has 0 aromatic rings. The van der Waals surface area contributed by atoms with Crippen molar-refractivity contribution in [1.29, 1.82) is 0 Å². The molecule has 0 aromatic carbocycles. The molecule has 6 atom stereocenters. The maximum atomic E-state index is 12.9. The van der Waals surface area contributed by atoms with Crippen LogP contribution in [-0.4, -0.2) is 97.5 Å². The van der Waals surface area contributed by atoms with Crippen molar-refractivity contribution in [3.05, 3.63) is 60.8 Å². The van der Waals surface area contributed by atoms with Crippen molar-refractivity contribution in [2.75, 3.05) is 26.4 Å². The summed E-state index contributed by atoms with van der Waals surface area (Å²) >= 11 is 0. The number of hydrogen-bond donors (Lipinski definition) is 4. The normalized spacial score (nSPS) is 20.7. The third-order valence-corrected chi connectivity index (χ3v) is 10.9. The lowest BCUT2D eigenvalue weighted by Crippen LogP contribution is -2.60. The summed E-state index contributed by atoms with van der Waals surface area (Å²) in [7, 11) is -5.07. The minimum absolute atomic E-state index is 0.0274. The zero-order valence-electron chi connectivity index (χ0n) is 37.7. The minimum atomic E-state index is -5.07. The van der Waals surface area contributed by atoms with Gasteiger partial charge in [0.15, 0.2) is 6.29 Å². The molecule has 13 heteroatoms. The molecule has 1 heterocycles. The average molecular weight is 885 g/mol. The van der Waals surface area contributed by atoms with Crippen LogP contribution in [0.15, 0.2) is 60.8 Å². The second-order valence-corrected chi connectivity index (χ2v) is 17.0. The van der Waals surface area contributed by atoms with Crippen LogP contribution in [-0.2, 0) is 38.3 Å². The number of aliphatic hydroxyl groups excluding tert-OH is 3. The van der Waals surface area contributed by atoms with Crippen molar-refractivity contribution in [2.24, 2.45) is 0 Å². The van der Waals surface area contributed by atoms with E-state index in [2.05, 4.69) is 78.8 Å². The van der Waals surface area contributed by atoms with Gasteiger partial charge in [-0.1, -0.05) is 171 Å². The van der Waals surface area contributed by atoms with E-state index in [9.17, 15) is 28.5 Å². The zero-order valence-corrected chi connectivity index (χ0v) is 38.5. The average Bonchev–Trinajstić information content (AvgIpc) is 3.23. The molecule has 0 bridgehead atoms. The Morgan fingerprint density at radius 3 is 1.66 bits per heavy atom. The van der Waals surface area contributed by atoms with E-state index in [0.717, 1.165) is 83.5 Å². The fraction of sp³-hybridized carbons (Fsp3) is 0.771. The molecule has 0 radical (unpaired) electrons. The SMILES string of the molecule is CC/C=C\C/C=C\C/C=C\C/C=C\C/C=C\CCCCCCCC(=O)OC(COCCCCCCCCCCCCCCC)COC1OC(CO)C(O)C(OS(=O)(=O)O)C1O. The van der Waals surface area contributed by atoms with E-state index < -0.39 is 59.8 Å². The molecule has 6 unspecified atom stereocenters. The Morgan fingerprint density at radius 1 is 0.639 bits per heavy atom. The topological polar surface area (TPSA) is 178 Å². The van der Waals surface area contributed by atoms with Gasteiger partial charge in [-0.3, -0.25) is 9.35 Å². The first-order valence-electron chi connectivity index (χ1n) is 23.5. The number of aliphatic hydroxyl groups is 3. The standard InChI is InChI=1S/C48H84O12S/c1-3-5-7-9-11-13-15-17-18-19-20-21-22-23-24-25-27-29-31-33-35-37-44(50)58-42(40-56-38-36-34-32-30-28-26-16-14-12-10-8-6-4-2)41-57-48-46(52)47(60-61(53,54)55)45(51)43(39-49)59-48/h5,7,11,13,17-18,20-21,23-24,42-43,45-49,51-52H,3-4,6,8-10,12,14-16,19,22,25-41H2,1-2H3,(H,53,54,55)/b7-5-,13-11-,18-17-,21-20-,24-23-. The van der Waals surface area contributed by atoms with Gasteiger partial charge in [0.05, 0.1) is 19.8 Å². The van der Waals surface area contributed by atoms with Gasteiger partial charge in [0.2, 0.25) is 0 Å². The van der Waals surface area contributed by atoms with Gasteiger partial charge in [0.1, 0.15) is 30.5 Å². The predicted octanol–water partition coefficient (Wildman–Crippen LogP) is 10.1. The van der Waals surface area contributed by atoms with E-state index in [4.69, 9.17) is 23.5 Å². The van der Waals surface area contributed by atoms with Crippen molar-refractivity contribution in [3.63, 3.8) is 0 Å². The Kier molecular flexibility index (Phi) is 36.7. The third kappa shape index (κ3) is 33.0. The van der Waals surface area contributed by atoms with E-state index in [1.807, 2.05) is 0 Å². The number of carbonyl (C=O) groups is 1. The Bertz CT molecular complexity index is 1300. The summed E-state index contributed by atoms with van der Waals surface area (Å²) in [6.45, 7) is 3.85. The van der Waals surface area contributed by atoms with Crippen LogP contribution >= 0.6 is 0 Å². The van der Waals surface area contributed by atoms with E-state index in [-0.39, 0.29) is 19.6 Å². The Hall–Kier alpha value is -2.20. The van der Waals surface area contributed by atoms with Gasteiger partial charge in [0, 0.05) is 13.0 Å². The Labute approximate surface area is 369 Å². The van der Waals surface area contributed by atoms with Crippen molar-refractivity contribution in [3.8, 4) is 0 Å². The number of allylic oxidation sites excluding steroid dienone is 10. The quantitative estimate of drug-likeness (QED) is 0.0198. The van der Waals surface area contributed by atoms with E-state index in [0.29, 0.717) is 13.0 Å². The van der Waals surface area contributed by atoms with Gasteiger partial charge in [-0.05, 0) is 57.8 Å². The molecule has 0 aliphatic carbocycles. The van der Waals surface area contributed by atoms with Gasteiger partial charge >= 0.3 is 16.4 Å². The highest BCUT2D eigenvalue weighted by molar-refractivity contribution is 7.80. The molecule has 1 aliphatic heterocycles. The number of esters is 1. The molecule has 0 spiro atoms. The summed E-state index contributed by atoms with van der Waals surface area (Å²) in [5.74, 6) is -0.418. The van der Waals surface area contributed by atoms with Crippen LogP contribution in [0, 0.1) is 0 Å². The third-order valence-electron chi connectivity index (χ3n) is 10.4. The fourth-order valence-electron chi connectivity index (χ4n) is 6.88. The summed E-state index contributed by atoms with van der Waals surface area (Å²) in [5.41, 5.74) is 0. The number of rotatable bonds is 40. The van der Waals surface area contributed by atoms with E-state index in [1.165, 1.54) is 64.2 Å². The molecule has 0 aromatic heterocycles. The lowest BCUT2D eigenvalue weighted by Gasteiger charge is -2.41. The first kappa shape index (κ1) is 56.8.